The van der Waals surface area contributed by atoms with Crippen molar-refractivity contribution in [3.63, 3.8) is 0 Å². The smallest absolute Gasteiger partial charge is 0.348 e. The van der Waals surface area contributed by atoms with Crippen molar-refractivity contribution in [2.24, 2.45) is 17.3 Å². The van der Waals surface area contributed by atoms with Gasteiger partial charge in [-0.2, -0.15) is 0 Å². The highest BCUT2D eigenvalue weighted by Gasteiger charge is 2.43. The molecule has 32 heavy (non-hydrogen) atoms. The number of aromatic carboxylic acids is 1. The molecular formula is C25H32N2O4S. The predicted molar refractivity (Wildman–Crippen MR) is 127 cm³/mol. The van der Waals surface area contributed by atoms with Crippen LogP contribution in [0, 0.1) is 29.1 Å². The Morgan fingerprint density at radius 3 is 2.53 bits per heavy atom. The van der Waals surface area contributed by atoms with Crippen LogP contribution in [0.15, 0.2) is 17.7 Å². The summed E-state index contributed by atoms with van der Waals surface area (Å²) >= 11 is 1.06. The zero-order chi connectivity index (χ0) is 23.8. The summed E-state index contributed by atoms with van der Waals surface area (Å²) in [6.07, 6.45) is 3.98. The van der Waals surface area contributed by atoms with E-state index in [2.05, 4.69) is 24.8 Å². The number of rotatable bonds is 4. The van der Waals surface area contributed by atoms with Gasteiger partial charge in [-0.25, -0.2) is 4.79 Å². The van der Waals surface area contributed by atoms with E-state index in [1.807, 2.05) is 27.7 Å². The quantitative estimate of drug-likeness (QED) is 0.538. The first-order chi connectivity index (χ1) is 14.9. The molecule has 1 aliphatic carbocycles. The van der Waals surface area contributed by atoms with E-state index in [0.717, 1.165) is 17.8 Å². The maximum Gasteiger partial charge on any atom is 0.348 e. The lowest BCUT2D eigenvalue weighted by Gasteiger charge is -2.34. The molecule has 0 spiro atoms. The Bertz CT molecular complexity index is 1020. The van der Waals surface area contributed by atoms with Crippen molar-refractivity contribution in [3.05, 3.63) is 27.5 Å². The molecule has 1 saturated heterocycles. The van der Waals surface area contributed by atoms with Crippen molar-refractivity contribution in [3.8, 4) is 11.8 Å². The molecule has 0 aromatic carbocycles. The van der Waals surface area contributed by atoms with Gasteiger partial charge in [0.1, 0.15) is 10.9 Å². The maximum atomic E-state index is 13.9. The summed E-state index contributed by atoms with van der Waals surface area (Å²) in [5.41, 5.74) is 1.30. The number of carbonyl (C=O) groups excluding carboxylic acids is 2. The third-order valence-corrected chi connectivity index (χ3v) is 7.07. The highest BCUT2D eigenvalue weighted by atomic mass is 32.1. The summed E-state index contributed by atoms with van der Waals surface area (Å²) in [6, 6.07) is 0.980. The number of carbonyl (C=O) groups is 3. The average Bonchev–Trinajstić information content (AvgIpc) is 3.25. The SMILES string of the molecule is CC1=CC[C@H](C(=O)N(c2cc(C#CC(C)(C)C)sc2C(=O)O)[C@H]2CCN(C)C2=O)[C@@H](C)C1. The van der Waals surface area contributed by atoms with Gasteiger partial charge in [0.25, 0.3) is 0 Å². The fourth-order valence-corrected chi connectivity index (χ4v) is 5.17. The maximum absolute atomic E-state index is 13.9. The Kier molecular flexibility index (Phi) is 6.85. The van der Waals surface area contributed by atoms with Crippen molar-refractivity contribution in [2.75, 3.05) is 18.5 Å². The highest BCUT2D eigenvalue weighted by Crippen LogP contribution is 2.38. The molecule has 2 aliphatic rings. The van der Waals surface area contributed by atoms with Crippen molar-refractivity contribution < 1.29 is 19.5 Å². The number of allylic oxidation sites excluding steroid dienone is 2. The van der Waals surface area contributed by atoms with Crippen molar-refractivity contribution in [1.82, 2.24) is 4.90 Å². The lowest BCUT2D eigenvalue weighted by molar-refractivity contribution is -0.131. The number of carboxylic acid groups (broad SMARTS) is 1. The number of hydrogen-bond acceptors (Lipinski definition) is 4. The lowest BCUT2D eigenvalue weighted by Crippen LogP contribution is -2.49. The largest absolute Gasteiger partial charge is 0.477 e. The van der Waals surface area contributed by atoms with Crippen molar-refractivity contribution in [1.29, 1.82) is 0 Å². The van der Waals surface area contributed by atoms with Crippen LogP contribution in [0.2, 0.25) is 0 Å². The van der Waals surface area contributed by atoms with E-state index in [4.69, 9.17) is 0 Å². The van der Waals surface area contributed by atoms with Gasteiger partial charge in [0.2, 0.25) is 11.8 Å². The Balaban J connectivity index is 2.10. The number of nitrogens with zero attached hydrogens (tertiary/aromatic N) is 2. The molecule has 2 heterocycles. The summed E-state index contributed by atoms with van der Waals surface area (Å²) in [5.74, 6) is 4.58. The first-order valence-electron chi connectivity index (χ1n) is 11.0. The van der Waals surface area contributed by atoms with E-state index in [0.29, 0.717) is 24.3 Å². The van der Waals surface area contributed by atoms with Crippen LogP contribution >= 0.6 is 11.3 Å². The highest BCUT2D eigenvalue weighted by molar-refractivity contribution is 7.15. The molecule has 0 unspecified atom stereocenters. The number of likely N-dealkylation sites (tertiary alicyclic amines) is 1. The van der Waals surface area contributed by atoms with Crippen LogP contribution in [0.3, 0.4) is 0 Å². The third-order valence-electron chi connectivity index (χ3n) is 6.04. The van der Waals surface area contributed by atoms with Crippen LogP contribution in [0.4, 0.5) is 5.69 Å². The Morgan fingerprint density at radius 1 is 1.31 bits per heavy atom. The van der Waals surface area contributed by atoms with Crippen molar-refractivity contribution >= 4 is 34.8 Å². The van der Waals surface area contributed by atoms with Gasteiger partial charge in [0, 0.05) is 24.9 Å². The molecule has 1 aromatic rings. The number of thiophene rings is 1. The third kappa shape index (κ3) is 5.07. The number of amides is 2. The Hall–Kier alpha value is -2.59. The molecule has 1 aromatic heterocycles. The number of carboxylic acids is 1. The molecule has 0 saturated carbocycles. The normalized spacial score (nSPS) is 23.4. The second-order valence-electron chi connectivity index (χ2n) is 9.98. The van der Waals surface area contributed by atoms with Gasteiger partial charge in [0.05, 0.1) is 10.6 Å². The average molecular weight is 457 g/mol. The number of likely N-dealkylation sites (N-methyl/N-ethyl adjacent to an activating group) is 1. The van der Waals surface area contributed by atoms with Crippen LogP contribution in [0.5, 0.6) is 0 Å². The number of hydrogen-bond donors (Lipinski definition) is 1. The Labute approximate surface area is 194 Å². The monoisotopic (exact) mass is 456 g/mol. The minimum Gasteiger partial charge on any atom is -0.477 e. The summed E-state index contributed by atoms with van der Waals surface area (Å²) in [5, 5.41) is 9.91. The standard InChI is InChI=1S/C25H32N2O4S/c1-15-7-8-18(16(2)13-15)22(28)27(19-10-12-26(6)23(19)29)20-14-17(9-11-25(3,4)5)32-21(20)24(30)31/h7,14,16,18-19H,8,10,12-13H2,1-6H3,(H,30,31)/t16-,18-,19-/m0/s1. The first kappa shape index (κ1) is 24.1. The molecule has 7 heteroatoms. The molecule has 6 nitrogen and oxygen atoms in total. The molecule has 3 atom stereocenters. The minimum absolute atomic E-state index is 0.0501. The summed E-state index contributed by atoms with van der Waals surface area (Å²) in [7, 11) is 1.71. The van der Waals surface area contributed by atoms with Crippen LogP contribution < -0.4 is 4.90 Å². The van der Waals surface area contributed by atoms with E-state index in [1.165, 1.54) is 10.5 Å². The second-order valence-corrected chi connectivity index (χ2v) is 11.0. The molecular weight excluding hydrogens is 424 g/mol. The van der Waals surface area contributed by atoms with Crippen LogP contribution in [-0.2, 0) is 9.59 Å². The summed E-state index contributed by atoms with van der Waals surface area (Å²) < 4.78 is 0. The molecule has 3 rings (SSSR count). The van der Waals surface area contributed by atoms with Gasteiger partial charge >= 0.3 is 5.97 Å². The summed E-state index contributed by atoms with van der Waals surface area (Å²) in [6.45, 7) is 10.6. The van der Waals surface area contributed by atoms with Gasteiger partial charge in [-0.15, -0.1) is 11.3 Å². The minimum atomic E-state index is -1.11. The lowest BCUT2D eigenvalue weighted by atomic mass is 9.80. The van der Waals surface area contributed by atoms with Gasteiger partial charge in [-0.1, -0.05) is 30.4 Å². The van der Waals surface area contributed by atoms with Crippen molar-refractivity contribution in [2.45, 2.75) is 59.9 Å². The van der Waals surface area contributed by atoms with Gasteiger partial charge in [-0.3, -0.25) is 14.5 Å². The molecule has 1 fully saturated rings. The van der Waals surface area contributed by atoms with E-state index in [-0.39, 0.29) is 39.6 Å². The zero-order valence-corrected chi connectivity index (χ0v) is 20.5. The van der Waals surface area contributed by atoms with E-state index in [1.54, 1.807) is 18.0 Å². The van der Waals surface area contributed by atoms with Gasteiger partial charge < -0.3 is 10.0 Å². The molecule has 1 aliphatic heterocycles. The van der Waals surface area contributed by atoms with E-state index < -0.39 is 12.0 Å². The predicted octanol–water partition coefficient (Wildman–Crippen LogP) is 4.40. The topological polar surface area (TPSA) is 77.9 Å². The fourth-order valence-electron chi connectivity index (χ4n) is 4.32. The fraction of sp³-hybridized carbons (Fsp3) is 0.560. The second kappa shape index (κ2) is 9.11. The van der Waals surface area contributed by atoms with Gasteiger partial charge in [0.15, 0.2) is 0 Å². The van der Waals surface area contributed by atoms with Crippen LogP contribution in [-0.4, -0.2) is 47.4 Å². The molecule has 172 valence electrons. The van der Waals surface area contributed by atoms with E-state index in [9.17, 15) is 19.5 Å². The summed E-state index contributed by atoms with van der Waals surface area (Å²) in [4.78, 5) is 42.6. The zero-order valence-electron chi connectivity index (χ0n) is 19.7. The number of anilines is 1. The van der Waals surface area contributed by atoms with Crippen LogP contribution in [0.1, 0.15) is 68.4 Å². The van der Waals surface area contributed by atoms with Gasteiger partial charge in [-0.05, 0) is 58.9 Å². The van der Waals surface area contributed by atoms with E-state index >= 15 is 0 Å². The molecule has 1 N–H and O–H groups in total. The van der Waals surface area contributed by atoms with Crippen LogP contribution in [0.25, 0.3) is 0 Å². The molecule has 2 amide bonds. The molecule has 0 radical (unpaired) electrons. The first-order valence-corrected chi connectivity index (χ1v) is 11.8. The molecule has 0 bridgehead atoms. The Morgan fingerprint density at radius 2 is 2.00 bits per heavy atom.